The van der Waals surface area contributed by atoms with Crippen molar-refractivity contribution in [2.45, 2.75) is 19.0 Å². The molecule has 1 aliphatic rings. The van der Waals surface area contributed by atoms with Gasteiger partial charge in [-0.05, 0) is 65.9 Å². The van der Waals surface area contributed by atoms with Crippen LogP contribution in [0.3, 0.4) is 0 Å². The molecule has 9 heteroatoms. The van der Waals surface area contributed by atoms with E-state index in [-0.39, 0.29) is 37.6 Å². The van der Waals surface area contributed by atoms with Crippen LogP contribution in [0.5, 0.6) is 5.75 Å². The lowest BCUT2D eigenvalue weighted by molar-refractivity contribution is -0.135. The van der Waals surface area contributed by atoms with Crippen molar-refractivity contribution in [3.63, 3.8) is 0 Å². The largest absolute Gasteiger partial charge is 0.491 e. The SMILES string of the molecule is O=C(c1cccc(Cl)c1)N(CC(=O)N1CCc2sccc2C1COc1cccc(F)c1)Cc1ccco1. The van der Waals surface area contributed by atoms with Gasteiger partial charge in [-0.25, -0.2) is 4.39 Å². The first kappa shape index (κ1) is 25.0. The molecule has 4 aromatic rings. The molecular weight excluding hydrogens is 515 g/mol. The molecule has 1 aliphatic heterocycles. The number of carbonyl (C=O) groups excluding carboxylic acids is 2. The minimum Gasteiger partial charge on any atom is -0.491 e. The van der Waals surface area contributed by atoms with Gasteiger partial charge in [-0.1, -0.05) is 23.7 Å². The van der Waals surface area contributed by atoms with Crippen molar-refractivity contribution in [1.82, 2.24) is 9.80 Å². The first-order chi connectivity index (χ1) is 18.0. The Labute approximate surface area is 222 Å². The van der Waals surface area contributed by atoms with Gasteiger partial charge in [0.1, 0.15) is 30.5 Å². The van der Waals surface area contributed by atoms with Crippen LogP contribution in [0.2, 0.25) is 5.02 Å². The Morgan fingerprint density at radius 3 is 2.78 bits per heavy atom. The number of hydrogen-bond acceptors (Lipinski definition) is 5. The average molecular weight is 539 g/mol. The Bertz CT molecular complexity index is 1390. The third-order valence-electron chi connectivity index (χ3n) is 6.23. The molecule has 37 heavy (non-hydrogen) atoms. The number of benzene rings is 2. The van der Waals surface area contributed by atoms with E-state index in [1.54, 1.807) is 64.8 Å². The van der Waals surface area contributed by atoms with Gasteiger partial charge in [-0.2, -0.15) is 0 Å². The Balaban J connectivity index is 1.38. The van der Waals surface area contributed by atoms with Crippen LogP contribution in [0.1, 0.15) is 32.6 Å². The molecular formula is C28H24ClFN2O4S. The van der Waals surface area contributed by atoms with Gasteiger partial charge in [0.2, 0.25) is 5.91 Å². The van der Waals surface area contributed by atoms with Crippen molar-refractivity contribution in [3.8, 4) is 5.75 Å². The van der Waals surface area contributed by atoms with Crippen LogP contribution in [-0.4, -0.2) is 41.3 Å². The van der Waals surface area contributed by atoms with E-state index >= 15 is 0 Å². The Kier molecular flexibility index (Phi) is 7.58. The maximum atomic E-state index is 13.7. The summed E-state index contributed by atoms with van der Waals surface area (Å²) in [4.78, 5) is 31.5. The van der Waals surface area contributed by atoms with Crippen molar-refractivity contribution in [3.05, 3.63) is 111 Å². The van der Waals surface area contributed by atoms with Crippen LogP contribution < -0.4 is 4.74 Å². The molecule has 0 radical (unpaired) electrons. The standard InChI is InChI=1S/C28H24ClFN2O4S/c29-20-5-1-4-19(14-20)28(34)31(16-23-8-3-12-35-23)17-27(33)32-11-9-26-24(10-13-37-26)25(32)18-36-22-7-2-6-21(30)15-22/h1-8,10,12-15,25H,9,11,16-18H2. The van der Waals surface area contributed by atoms with Gasteiger partial charge in [-0.15, -0.1) is 11.3 Å². The van der Waals surface area contributed by atoms with Crippen LogP contribution in [0.25, 0.3) is 0 Å². The minimum absolute atomic E-state index is 0.131. The van der Waals surface area contributed by atoms with Crippen molar-refractivity contribution >= 4 is 34.8 Å². The Morgan fingerprint density at radius 2 is 2.00 bits per heavy atom. The van der Waals surface area contributed by atoms with Gasteiger partial charge < -0.3 is 19.0 Å². The molecule has 5 rings (SSSR count). The monoisotopic (exact) mass is 538 g/mol. The summed E-state index contributed by atoms with van der Waals surface area (Å²) in [6, 6.07) is 17.7. The zero-order valence-corrected chi connectivity index (χ0v) is 21.4. The summed E-state index contributed by atoms with van der Waals surface area (Å²) < 4.78 is 25.0. The molecule has 2 amide bonds. The fourth-order valence-electron chi connectivity index (χ4n) is 4.45. The van der Waals surface area contributed by atoms with E-state index in [9.17, 15) is 14.0 Å². The van der Waals surface area contributed by atoms with E-state index in [0.29, 0.717) is 28.6 Å². The quantitative estimate of drug-likeness (QED) is 0.277. The van der Waals surface area contributed by atoms with Crippen LogP contribution in [0.15, 0.2) is 82.8 Å². The average Bonchev–Trinajstić information content (AvgIpc) is 3.58. The highest BCUT2D eigenvalue weighted by Gasteiger charge is 2.34. The van der Waals surface area contributed by atoms with Gasteiger partial charge >= 0.3 is 0 Å². The molecule has 190 valence electrons. The van der Waals surface area contributed by atoms with Gasteiger partial charge in [-0.3, -0.25) is 9.59 Å². The molecule has 1 unspecified atom stereocenters. The van der Waals surface area contributed by atoms with Crippen LogP contribution in [-0.2, 0) is 17.8 Å². The van der Waals surface area contributed by atoms with Crippen molar-refractivity contribution in [2.75, 3.05) is 19.7 Å². The zero-order chi connectivity index (χ0) is 25.8. The third-order valence-corrected chi connectivity index (χ3v) is 7.46. The van der Waals surface area contributed by atoms with Crippen LogP contribution in [0.4, 0.5) is 4.39 Å². The van der Waals surface area contributed by atoms with E-state index < -0.39 is 5.82 Å². The van der Waals surface area contributed by atoms with Crippen molar-refractivity contribution in [2.24, 2.45) is 0 Å². The second-order valence-electron chi connectivity index (χ2n) is 8.67. The molecule has 0 N–H and O–H groups in total. The number of ether oxygens (including phenoxy) is 1. The van der Waals surface area contributed by atoms with E-state index in [1.165, 1.54) is 28.2 Å². The fourth-order valence-corrected chi connectivity index (χ4v) is 5.57. The summed E-state index contributed by atoms with van der Waals surface area (Å²) in [6.45, 7) is 0.636. The number of amides is 2. The summed E-state index contributed by atoms with van der Waals surface area (Å²) in [6.07, 6.45) is 2.25. The maximum absolute atomic E-state index is 13.7. The van der Waals surface area contributed by atoms with Crippen LogP contribution >= 0.6 is 22.9 Å². The number of fused-ring (bicyclic) bond motifs is 1. The van der Waals surface area contributed by atoms with E-state index in [1.807, 2.05) is 11.4 Å². The predicted octanol–water partition coefficient (Wildman–Crippen LogP) is 5.98. The van der Waals surface area contributed by atoms with Crippen LogP contribution in [0, 0.1) is 5.82 Å². The highest BCUT2D eigenvalue weighted by Crippen LogP contribution is 2.34. The normalized spacial score (nSPS) is 14.8. The molecule has 0 saturated carbocycles. The number of thiophene rings is 1. The predicted molar refractivity (Wildman–Crippen MR) is 139 cm³/mol. The van der Waals surface area contributed by atoms with Gasteiger partial charge in [0.25, 0.3) is 5.91 Å². The molecule has 3 heterocycles. The number of halogens is 2. The second kappa shape index (κ2) is 11.2. The molecule has 0 fully saturated rings. The Morgan fingerprint density at radius 1 is 1.14 bits per heavy atom. The lowest BCUT2D eigenvalue weighted by Gasteiger charge is -2.37. The summed E-state index contributed by atoms with van der Waals surface area (Å²) in [7, 11) is 0. The molecule has 0 bridgehead atoms. The fraction of sp³-hybridized carbons (Fsp3) is 0.214. The minimum atomic E-state index is -0.390. The number of nitrogens with zero attached hydrogens (tertiary/aromatic N) is 2. The summed E-state index contributed by atoms with van der Waals surface area (Å²) in [5.74, 6) is 0.0244. The van der Waals surface area contributed by atoms with Gasteiger partial charge in [0.15, 0.2) is 0 Å². The highest BCUT2D eigenvalue weighted by atomic mass is 35.5. The summed E-state index contributed by atoms with van der Waals surface area (Å²) in [5, 5.41) is 2.44. The summed E-state index contributed by atoms with van der Waals surface area (Å²) in [5.41, 5.74) is 1.40. The molecule has 2 aromatic heterocycles. The number of hydrogen-bond donors (Lipinski definition) is 0. The molecule has 0 saturated heterocycles. The van der Waals surface area contributed by atoms with Crippen molar-refractivity contribution < 1.29 is 23.1 Å². The molecule has 2 aromatic carbocycles. The summed E-state index contributed by atoms with van der Waals surface area (Å²) >= 11 is 7.76. The molecule has 6 nitrogen and oxygen atoms in total. The number of carbonyl (C=O) groups is 2. The maximum Gasteiger partial charge on any atom is 0.254 e. The van der Waals surface area contributed by atoms with Gasteiger partial charge in [0, 0.05) is 28.1 Å². The lowest BCUT2D eigenvalue weighted by Crippen LogP contribution is -2.47. The highest BCUT2D eigenvalue weighted by molar-refractivity contribution is 7.10. The third kappa shape index (κ3) is 5.87. The number of furan rings is 1. The van der Waals surface area contributed by atoms with Crippen molar-refractivity contribution in [1.29, 1.82) is 0 Å². The lowest BCUT2D eigenvalue weighted by atomic mass is 10.0. The first-order valence-electron chi connectivity index (χ1n) is 11.8. The van der Waals surface area contributed by atoms with E-state index in [4.69, 9.17) is 20.8 Å². The molecule has 0 spiro atoms. The smallest absolute Gasteiger partial charge is 0.254 e. The van der Waals surface area contributed by atoms with E-state index in [2.05, 4.69) is 0 Å². The second-order valence-corrected chi connectivity index (χ2v) is 10.1. The zero-order valence-electron chi connectivity index (χ0n) is 19.8. The molecule has 1 atom stereocenters. The van der Waals surface area contributed by atoms with E-state index in [0.717, 1.165) is 12.0 Å². The molecule has 0 aliphatic carbocycles. The number of rotatable bonds is 8. The first-order valence-corrected chi connectivity index (χ1v) is 13.0. The topological polar surface area (TPSA) is 63.0 Å². The van der Waals surface area contributed by atoms with Gasteiger partial charge in [0.05, 0.1) is 18.8 Å². The Hall–Kier alpha value is -3.62.